The maximum absolute atomic E-state index is 13.0. The fraction of sp³-hybridized carbons (Fsp3) is 0.488. The second kappa shape index (κ2) is 17.7. The van der Waals surface area contributed by atoms with Gasteiger partial charge in [0.05, 0.1) is 17.4 Å². The molecule has 0 spiro atoms. The quantitative estimate of drug-likeness (QED) is 0.150. The molecule has 2 saturated heterocycles. The number of pyridine rings is 2. The minimum absolute atomic E-state index is 0.186. The fourth-order valence-corrected chi connectivity index (χ4v) is 7.44. The summed E-state index contributed by atoms with van der Waals surface area (Å²) in [5, 5.41) is 8.04. The minimum Gasteiger partial charge on any atom is -0.490 e. The molecule has 3 amide bonds. The first-order valence-electron chi connectivity index (χ1n) is 19.4. The van der Waals surface area contributed by atoms with E-state index in [1.807, 2.05) is 32.2 Å². The second-order valence-electron chi connectivity index (χ2n) is 15.2. The van der Waals surface area contributed by atoms with E-state index in [2.05, 4.69) is 57.0 Å². The second-order valence-corrected chi connectivity index (χ2v) is 15.2. The lowest BCUT2D eigenvalue weighted by molar-refractivity contribution is -0.141. The van der Waals surface area contributed by atoms with Crippen LogP contribution >= 0.6 is 0 Å². The van der Waals surface area contributed by atoms with Crippen LogP contribution in [0.1, 0.15) is 99.3 Å². The van der Waals surface area contributed by atoms with Crippen LogP contribution in [-0.2, 0) is 15.8 Å². The van der Waals surface area contributed by atoms with E-state index in [0.29, 0.717) is 36.2 Å². The molecule has 12 nitrogen and oxygen atoms in total. The standard InChI is InChI=1S/C23H25F3N4O2.C18H26N4O2/c1-14(2)32-18-11-21-27-17(15-7-4-3-5-8-15)13-30(21)12-16(18)22(31)29-20-10-6-9-19(28-20)23(24,25)26;1-21(2)14-9-11-22(12-10-14)15-5-3-13(4-6-15)19-16-7-8-17(23)20-18(16)24/h6,9-15H,3-5,7-8H2,1-2H3,(H,28,29,31);3-6,14,16,19H,7-12H2,1-2H3,(H,20,23,24). The third-order valence-corrected chi connectivity index (χ3v) is 10.5. The van der Waals surface area contributed by atoms with E-state index in [1.165, 1.54) is 49.9 Å². The van der Waals surface area contributed by atoms with E-state index >= 15 is 0 Å². The Hall–Kier alpha value is -5.18. The van der Waals surface area contributed by atoms with Crippen LogP contribution in [0.5, 0.6) is 5.75 Å². The first-order valence-corrected chi connectivity index (χ1v) is 19.4. The Bertz CT molecular complexity index is 1980. The van der Waals surface area contributed by atoms with Gasteiger partial charge in [0.15, 0.2) is 0 Å². The van der Waals surface area contributed by atoms with Gasteiger partial charge in [-0.3, -0.25) is 19.7 Å². The first-order chi connectivity index (χ1) is 26.7. The summed E-state index contributed by atoms with van der Waals surface area (Å²) in [5.41, 5.74) is 2.90. The van der Waals surface area contributed by atoms with Gasteiger partial charge in [-0.1, -0.05) is 25.3 Å². The van der Waals surface area contributed by atoms with Crippen LogP contribution in [0.3, 0.4) is 0 Å². The number of carbonyl (C=O) groups excluding carboxylic acids is 3. The molecular formula is C41H51F3N8O4. The number of aromatic nitrogens is 3. The number of piperidine rings is 2. The number of halogens is 3. The largest absolute Gasteiger partial charge is 0.490 e. The summed E-state index contributed by atoms with van der Waals surface area (Å²) in [7, 11) is 4.30. The SMILES string of the molecule is CC(C)Oc1cc2nc(C3CCCCC3)cn2cc1C(=O)Nc1cccc(C(F)(F)F)n1.CN(C)C1CCN(c2ccc(NC3CCC(=O)NC3=O)cc2)CC1. The average Bonchev–Trinajstić information content (AvgIpc) is 3.59. The van der Waals surface area contributed by atoms with Crippen LogP contribution in [-0.4, -0.2) is 82.4 Å². The summed E-state index contributed by atoms with van der Waals surface area (Å²) in [6.07, 6.45) is 7.81. The number of hydrogen-bond donors (Lipinski definition) is 3. The van der Waals surface area contributed by atoms with Crippen molar-refractivity contribution in [2.24, 2.45) is 0 Å². The number of ether oxygens (including phenoxy) is 1. The van der Waals surface area contributed by atoms with Crippen LogP contribution in [0.2, 0.25) is 0 Å². The van der Waals surface area contributed by atoms with E-state index in [4.69, 9.17) is 9.72 Å². The van der Waals surface area contributed by atoms with E-state index in [9.17, 15) is 27.6 Å². The van der Waals surface area contributed by atoms with Crippen molar-refractivity contribution in [2.75, 3.05) is 42.7 Å². The van der Waals surface area contributed by atoms with Gasteiger partial charge in [-0.25, -0.2) is 9.97 Å². The molecule has 7 rings (SSSR count). The van der Waals surface area contributed by atoms with Gasteiger partial charge in [0.1, 0.15) is 29.0 Å². The highest BCUT2D eigenvalue weighted by Gasteiger charge is 2.33. The molecule has 1 aromatic carbocycles. The first kappa shape index (κ1) is 40.5. The molecule has 3 fully saturated rings. The number of anilines is 3. The maximum atomic E-state index is 13.0. The summed E-state index contributed by atoms with van der Waals surface area (Å²) in [6, 6.07) is 13.6. The number of imide groups is 1. The monoisotopic (exact) mass is 776 g/mol. The highest BCUT2D eigenvalue weighted by atomic mass is 19.4. The normalized spacial score (nSPS) is 18.4. The summed E-state index contributed by atoms with van der Waals surface area (Å²) in [5.74, 6) is -0.505. The molecule has 5 heterocycles. The van der Waals surface area contributed by atoms with Gasteiger partial charge < -0.3 is 29.6 Å². The van der Waals surface area contributed by atoms with Crippen LogP contribution in [0.25, 0.3) is 5.65 Å². The highest BCUT2D eigenvalue weighted by molar-refractivity contribution is 6.06. The number of fused-ring (bicyclic) bond motifs is 1. The number of amides is 3. The van der Waals surface area contributed by atoms with Crippen LogP contribution in [0.15, 0.2) is 60.9 Å². The van der Waals surface area contributed by atoms with E-state index in [1.54, 1.807) is 16.7 Å². The molecule has 1 atom stereocenters. The number of imidazole rings is 1. The predicted octanol–water partition coefficient (Wildman–Crippen LogP) is 7.27. The molecule has 3 aliphatic rings. The summed E-state index contributed by atoms with van der Waals surface area (Å²) >= 11 is 0. The Labute approximate surface area is 325 Å². The van der Waals surface area contributed by atoms with Crippen molar-refractivity contribution in [1.82, 2.24) is 24.6 Å². The predicted molar refractivity (Wildman–Crippen MR) is 209 cm³/mol. The molecule has 3 N–H and O–H groups in total. The molecular weight excluding hydrogens is 725 g/mol. The smallest absolute Gasteiger partial charge is 0.433 e. The average molecular weight is 777 g/mol. The van der Waals surface area contributed by atoms with Crippen molar-refractivity contribution in [3.63, 3.8) is 0 Å². The number of alkyl halides is 3. The number of nitrogens with zero attached hydrogens (tertiary/aromatic N) is 5. The molecule has 1 saturated carbocycles. The van der Waals surface area contributed by atoms with Crippen LogP contribution < -0.4 is 25.6 Å². The number of carbonyl (C=O) groups is 3. The van der Waals surface area contributed by atoms with Crippen molar-refractivity contribution in [3.05, 3.63) is 77.9 Å². The van der Waals surface area contributed by atoms with Crippen LogP contribution in [0.4, 0.5) is 30.4 Å². The lowest BCUT2D eigenvalue weighted by Gasteiger charge is -2.36. The van der Waals surface area contributed by atoms with Gasteiger partial charge >= 0.3 is 6.18 Å². The third-order valence-electron chi connectivity index (χ3n) is 10.5. The van der Waals surface area contributed by atoms with E-state index in [-0.39, 0.29) is 35.3 Å². The topological polar surface area (TPSA) is 133 Å². The van der Waals surface area contributed by atoms with Crippen molar-refractivity contribution < 1.29 is 32.3 Å². The van der Waals surface area contributed by atoms with Crippen molar-refractivity contribution in [1.29, 1.82) is 0 Å². The van der Waals surface area contributed by atoms with Gasteiger partial charge in [0.2, 0.25) is 11.8 Å². The van der Waals surface area contributed by atoms with E-state index < -0.39 is 17.8 Å². The Balaban J connectivity index is 0.000000198. The molecule has 2 aliphatic heterocycles. The molecule has 56 heavy (non-hydrogen) atoms. The Morgan fingerprint density at radius 2 is 1.66 bits per heavy atom. The zero-order valence-electron chi connectivity index (χ0n) is 32.4. The number of nitrogens with one attached hydrogen (secondary N) is 3. The fourth-order valence-electron chi connectivity index (χ4n) is 7.44. The summed E-state index contributed by atoms with van der Waals surface area (Å²) in [6.45, 7) is 5.81. The Morgan fingerprint density at radius 3 is 2.30 bits per heavy atom. The van der Waals surface area contributed by atoms with Gasteiger partial charge in [-0.05, 0) is 96.4 Å². The maximum Gasteiger partial charge on any atom is 0.433 e. The number of rotatable bonds is 9. The molecule has 1 unspecified atom stereocenters. The third kappa shape index (κ3) is 10.4. The minimum atomic E-state index is -4.60. The van der Waals surface area contributed by atoms with E-state index in [0.717, 1.165) is 43.4 Å². The van der Waals surface area contributed by atoms with Crippen molar-refractivity contribution >= 4 is 40.6 Å². The van der Waals surface area contributed by atoms with Crippen molar-refractivity contribution in [2.45, 2.75) is 102 Å². The summed E-state index contributed by atoms with van der Waals surface area (Å²) < 4.78 is 46.5. The zero-order chi connectivity index (χ0) is 40.0. The van der Waals surface area contributed by atoms with Gasteiger partial charge in [-0.2, -0.15) is 13.2 Å². The molecule has 0 bridgehead atoms. The molecule has 0 radical (unpaired) electrons. The van der Waals surface area contributed by atoms with Crippen molar-refractivity contribution in [3.8, 4) is 5.75 Å². The molecule has 4 aromatic rings. The lowest BCUT2D eigenvalue weighted by Crippen LogP contribution is -2.47. The van der Waals surface area contributed by atoms with Gasteiger partial charge in [0, 0.05) is 61.3 Å². The molecule has 15 heteroatoms. The summed E-state index contributed by atoms with van der Waals surface area (Å²) in [4.78, 5) is 48.9. The van der Waals surface area contributed by atoms with Gasteiger partial charge in [0.25, 0.3) is 5.91 Å². The highest BCUT2D eigenvalue weighted by Crippen LogP contribution is 2.34. The number of benzene rings is 1. The Kier molecular flexibility index (Phi) is 12.8. The Morgan fingerprint density at radius 1 is 0.946 bits per heavy atom. The number of hydrogen-bond acceptors (Lipinski definition) is 9. The molecule has 3 aromatic heterocycles. The molecule has 1 aliphatic carbocycles. The molecule has 300 valence electrons. The van der Waals surface area contributed by atoms with Gasteiger partial charge in [-0.15, -0.1) is 0 Å². The van der Waals surface area contributed by atoms with Crippen LogP contribution in [0, 0.1) is 0 Å². The zero-order valence-corrected chi connectivity index (χ0v) is 32.4. The lowest BCUT2D eigenvalue weighted by atomic mass is 9.87.